The molecule has 1 fully saturated rings. The van der Waals surface area contributed by atoms with Crippen LogP contribution in [0.4, 0.5) is 11.4 Å². The van der Waals surface area contributed by atoms with Gasteiger partial charge in [0.05, 0.1) is 0 Å². The summed E-state index contributed by atoms with van der Waals surface area (Å²) < 4.78 is 5.50. The number of benzene rings is 2. The predicted octanol–water partition coefficient (Wildman–Crippen LogP) is 4.96. The lowest BCUT2D eigenvalue weighted by atomic mass is 10.0. The van der Waals surface area contributed by atoms with E-state index in [2.05, 4.69) is 51.4 Å². The second-order valence-corrected chi connectivity index (χ2v) is 9.14. The molecule has 2 N–H and O–H groups in total. The van der Waals surface area contributed by atoms with Crippen LogP contribution in [-0.4, -0.2) is 37.7 Å². The van der Waals surface area contributed by atoms with Gasteiger partial charge in [-0.3, -0.25) is 4.79 Å². The van der Waals surface area contributed by atoms with Crippen LogP contribution < -0.4 is 20.3 Å². The van der Waals surface area contributed by atoms with Crippen LogP contribution in [0.2, 0.25) is 0 Å². The number of carbonyl (C=O) groups excluding carboxylic acids is 1. The maximum atomic E-state index is 12.1. The van der Waals surface area contributed by atoms with Crippen LogP contribution in [0.25, 0.3) is 0 Å². The highest BCUT2D eigenvalue weighted by atomic mass is 32.1. The van der Waals surface area contributed by atoms with Gasteiger partial charge in [-0.25, -0.2) is 0 Å². The van der Waals surface area contributed by atoms with E-state index in [0.29, 0.717) is 17.8 Å². The van der Waals surface area contributed by atoms with E-state index in [4.69, 9.17) is 4.74 Å². The van der Waals surface area contributed by atoms with Gasteiger partial charge in [-0.05, 0) is 85.0 Å². The van der Waals surface area contributed by atoms with E-state index < -0.39 is 0 Å². The molecule has 0 unspecified atom stereocenters. The molecule has 1 aliphatic rings. The van der Waals surface area contributed by atoms with E-state index in [1.165, 1.54) is 11.3 Å². The van der Waals surface area contributed by atoms with Crippen molar-refractivity contribution in [1.82, 2.24) is 5.32 Å². The van der Waals surface area contributed by atoms with Crippen LogP contribution in [0.1, 0.15) is 25.3 Å². The number of ether oxygens (including phenoxy) is 1. The summed E-state index contributed by atoms with van der Waals surface area (Å²) in [7, 11) is 0. The first-order valence-corrected chi connectivity index (χ1v) is 12.2. The van der Waals surface area contributed by atoms with Crippen LogP contribution >= 0.6 is 11.3 Å². The molecule has 0 bridgehead atoms. The standard InChI is InChI=1S/C26H31N3O2S/c1-20(17-21-13-16-32-19-21)27-23-11-14-29(15-12-23)24-9-7-22(8-10-24)28-26(30)18-31-25-5-3-2-4-6-25/h2-10,13,16,19-20,23,27H,11-12,14-15,17-18H2,1H3,(H,28,30)/t20-/m1/s1. The van der Waals surface area contributed by atoms with Crippen LogP contribution in [0.5, 0.6) is 5.75 Å². The second-order valence-electron chi connectivity index (χ2n) is 8.36. The molecule has 3 aromatic rings. The summed E-state index contributed by atoms with van der Waals surface area (Å²) in [6.07, 6.45) is 3.37. The number of nitrogens with zero attached hydrogens (tertiary/aromatic N) is 1. The van der Waals surface area contributed by atoms with Crippen molar-refractivity contribution in [2.45, 2.75) is 38.3 Å². The lowest BCUT2D eigenvalue weighted by Gasteiger charge is -2.35. The molecule has 168 valence electrons. The molecular weight excluding hydrogens is 418 g/mol. The molecule has 0 aliphatic carbocycles. The van der Waals surface area contributed by atoms with E-state index in [1.807, 2.05) is 42.5 Å². The highest BCUT2D eigenvalue weighted by molar-refractivity contribution is 7.07. The van der Waals surface area contributed by atoms with Crippen molar-refractivity contribution in [3.8, 4) is 5.75 Å². The number of thiophene rings is 1. The number of hydrogen-bond acceptors (Lipinski definition) is 5. The van der Waals surface area contributed by atoms with Gasteiger partial charge in [0.1, 0.15) is 5.75 Å². The fourth-order valence-corrected chi connectivity index (χ4v) is 4.83. The minimum absolute atomic E-state index is 0.00287. The Balaban J connectivity index is 1.19. The molecule has 4 rings (SSSR count). The Morgan fingerprint density at radius 3 is 2.53 bits per heavy atom. The Labute approximate surface area is 194 Å². The molecule has 6 heteroatoms. The minimum atomic E-state index is -0.162. The van der Waals surface area contributed by atoms with Crippen molar-refractivity contribution in [1.29, 1.82) is 0 Å². The lowest BCUT2D eigenvalue weighted by Crippen LogP contribution is -2.46. The van der Waals surface area contributed by atoms with Gasteiger partial charge in [-0.2, -0.15) is 11.3 Å². The molecule has 1 atom stereocenters. The van der Waals surface area contributed by atoms with E-state index in [0.717, 1.165) is 38.0 Å². The molecule has 32 heavy (non-hydrogen) atoms. The average molecular weight is 450 g/mol. The first-order valence-electron chi connectivity index (χ1n) is 11.3. The summed E-state index contributed by atoms with van der Waals surface area (Å²) in [4.78, 5) is 14.6. The molecule has 1 aromatic heterocycles. The summed E-state index contributed by atoms with van der Waals surface area (Å²) in [5.41, 5.74) is 3.41. The average Bonchev–Trinajstić information content (AvgIpc) is 3.32. The molecular formula is C26H31N3O2S. The Morgan fingerprint density at radius 2 is 1.84 bits per heavy atom. The van der Waals surface area contributed by atoms with E-state index in [9.17, 15) is 4.79 Å². The van der Waals surface area contributed by atoms with Gasteiger partial charge < -0.3 is 20.3 Å². The summed E-state index contributed by atoms with van der Waals surface area (Å²) >= 11 is 1.77. The third-order valence-electron chi connectivity index (χ3n) is 5.77. The quantitative estimate of drug-likeness (QED) is 0.485. The highest BCUT2D eigenvalue weighted by Crippen LogP contribution is 2.23. The van der Waals surface area contributed by atoms with Gasteiger partial charge in [-0.1, -0.05) is 18.2 Å². The van der Waals surface area contributed by atoms with Crippen LogP contribution in [0.3, 0.4) is 0 Å². The zero-order valence-corrected chi connectivity index (χ0v) is 19.3. The minimum Gasteiger partial charge on any atom is -0.484 e. The van der Waals surface area contributed by atoms with Crippen LogP contribution in [-0.2, 0) is 11.2 Å². The number of anilines is 2. The molecule has 1 amide bonds. The Kier molecular flexibility index (Phi) is 7.80. The number of amides is 1. The summed E-state index contributed by atoms with van der Waals surface area (Å²) in [6.45, 7) is 4.36. The number of hydrogen-bond donors (Lipinski definition) is 2. The van der Waals surface area contributed by atoms with Gasteiger partial charge in [0, 0.05) is 36.5 Å². The van der Waals surface area contributed by atoms with Crippen molar-refractivity contribution in [3.05, 3.63) is 77.0 Å². The maximum Gasteiger partial charge on any atom is 0.262 e. The summed E-state index contributed by atoms with van der Waals surface area (Å²) in [6, 6.07) is 20.7. The third-order valence-corrected chi connectivity index (χ3v) is 6.50. The largest absolute Gasteiger partial charge is 0.484 e. The van der Waals surface area contributed by atoms with E-state index in [1.54, 1.807) is 11.3 Å². The smallest absolute Gasteiger partial charge is 0.262 e. The van der Waals surface area contributed by atoms with E-state index >= 15 is 0 Å². The number of para-hydroxylation sites is 1. The topological polar surface area (TPSA) is 53.6 Å². The first kappa shape index (κ1) is 22.4. The van der Waals surface area contributed by atoms with E-state index in [-0.39, 0.29) is 12.5 Å². The lowest BCUT2D eigenvalue weighted by molar-refractivity contribution is -0.118. The molecule has 0 spiro atoms. The van der Waals surface area contributed by atoms with Crippen molar-refractivity contribution in [3.63, 3.8) is 0 Å². The van der Waals surface area contributed by atoms with Crippen molar-refractivity contribution < 1.29 is 9.53 Å². The molecule has 1 saturated heterocycles. The van der Waals surface area contributed by atoms with Gasteiger partial charge in [0.15, 0.2) is 6.61 Å². The zero-order chi connectivity index (χ0) is 22.2. The fourth-order valence-electron chi connectivity index (χ4n) is 4.15. The third kappa shape index (κ3) is 6.58. The molecule has 2 aromatic carbocycles. The summed E-state index contributed by atoms with van der Waals surface area (Å²) in [5, 5.41) is 11.1. The normalized spacial score (nSPS) is 15.3. The molecule has 2 heterocycles. The molecule has 5 nitrogen and oxygen atoms in total. The Morgan fingerprint density at radius 1 is 1.09 bits per heavy atom. The Hall–Kier alpha value is -2.83. The molecule has 0 radical (unpaired) electrons. The van der Waals surface area contributed by atoms with Crippen LogP contribution in [0.15, 0.2) is 71.4 Å². The van der Waals surface area contributed by atoms with Crippen molar-refractivity contribution >= 4 is 28.6 Å². The van der Waals surface area contributed by atoms with Crippen molar-refractivity contribution in [2.24, 2.45) is 0 Å². The van der Waals surface area contributed by atoms with Crippen LogP contribution in [0, 0.1) is 0 Å². The van der Waals surface area contributed by atoms with Gasteiger partial charge >= 0.3 is 0 Å². The number of carbonyl (C=O) groups is 1. The first-order chi connectivity index (χ1) is 15.7. The Bertz CT molecular complexity index is 953. The predicted molar refractivity (Wildman–Crippen MR) is 133 cm³/mol. The monoisotopic (exact) mass is 449 g/mol. The zero-order valence-electron chi connectivity index (χ0n) is 18.5. The number of nitrogens with one attached hydrogen (secondary N) is 2. The molecule has 0 saturated carbocycles. The van der Waals surface area contributed by atoms with Gasteiger partial charge in [0.2, 0.25) is 0 Å². The van der Waals surface area contributed by atoms with Crippen molar-refractivity contribution in [2.75, 3.05) is 29.9 Å². The highest BCUT2D eigenvalue weighted by Gasteiger charge is 2.21. The van der Waals surface area contributed by atoms with Gasteiger partial charge in [0.25, 0.3) is 5.91 Å². The maximum absolute atomic E-state index is 12.1. The summed E-state index contributed by atoms with van der Waals surface area (Å²) in [5.74, 6) is 0.529. The van der Waals surface area contributed by atoms with Gasteiger partial charge in [-0.15, -0.1) is 0 Å². The SMILES string of the molecule is C[C@H](Cc1ccsc1)NC1CCN(c2ccc(NC(=O)COc3ccccc3)cc2)CC1. The fraction of sp³-hybridized carbons (Fsp3) is 0.346. The number of rotatable bonds is 9. The second kappa shape index (κ2) is 11.2. The molecule has 1 aliphatic heterocycles. The number of piperidine rings is 1.